The number of aliphatic hydroxyl groups is 1. The molecular weight excluding hydrogens is 236 g/mol. The summed E-state index contributed by atoms with van der Waals surface area (Å²) in [6.07, 6.45) is 2.18. The number of nitrogens with one attached hydrogen (secondary N) is 1. The number of piperidine rings is 1. The molecule has 1 aliphatic rings. The van der Waals surface area contributed by atoms with Crippen LogP contribution < -0.4 is 5.32 Å². The van der Waals surface area contributed by atoms with Gasteiger partial charge in [-0.05, 0) is 38.8 Å². The molecule has 0 unspecified atom stereocenters. The Labute approximate surface area is 106 Å². The predicted molar refractivity (Wildman–Crippen MR) is 69.2 cm³/mol. The van der Waals surface area contributed by atoms with Crippen molar-refractivity contribution in [3.05, 3.63) is 5.69 Å². The highest BCUT2D eigenvalue weighted by Gasteiger charge is 2.20. The third-order valence-electron chi connectivity index (χ3n) is 3.23. The van der Waals surface area contributed by atoms with E-state index in [-0.39, 0.29) is 0 Å². The monoisotopic (exact) mass is 256 g/mol. The van der Waals surface area contributed by atoms with E-state index in [1.54, 1.807) is 0 Å². The first kappa shape index (κ1) is 12.7. The Kier molecular flexibility index (Phi) is 4.70. The highest BCUT2D eigenvalue weighted by Crippen LogP contribution is 2.22. The highest BCUT2D eigenvalue weighted by atomic mass is 32.1. The second-order valence-electron chi connectivity index (χ2n) is 4.48. The smallest absolute Gasteiger partial charge is 0.134 e. The standard InChI is InChI=1S/C11H20N4OS/c1-2-12-11-10(13-14-17-11)7-15-5-3-9(8-16)4-6-15/h9,12,16H,2-8H2,1H3. The van der Waals surface area contributed by atoms with E-state index in [2.05, 4.69) is 26.7 Å². The third kappa shape index (κ3) is 3.37. The van der Waals surface area contributed by atoms with Crippen LogP contribution >= 0.6 is 11.5 Å². The molecule has 0 amide bonds. The molecule has 2 rings (SSSR count). The number of rotatable bonds is 5. The summed E-state index contributed by atoms with van der Waals surface area (Å²) in [6.45, 7) is 6.29. The molecule has 6 heteroatoms. The van der Waals surface area contributed by atoms with E-state index in [1.165, 1.54) is 11.5 Å². The van der Waals surface area contributed by atoms with Crippen LogP contribution in [0, 0.1) is 5.92 Å². The fourth-order valence-electron chi connectivity index (χ4n) is 2.15. The van der Waals surface area contributed by atoms with Gasteiger partial charge >= 0.3 is 0 Å². The summed E-state index contributed by atoms with van der Waals surface area (Å²) in [6, 6.07) is 0. The maximum atomic E-state index is 9.10. The Bertz CT molecular complexity index is 336. The molecule has 0 atom stereocenters. The molecule has 2 heterocycles. The summed E-state index contributed by atoms with van der Waals surface area (Å²) in [5.41, 5.74) is 1.05. The summed E-state index contributed by atoms with van der Waals surface area (Å²) in [5, 5.41) is 17.7. The van der Waals surface area contributed by atoms with E-state index in [0.717, 1.165) is 49.7 Å². The highest BCUT2D eigenvalue weighted by molar-refractivity contribution is 7.10. The number of anilines is 1. The van der Waals surface area contributed by atoms with Gasteiger partial charge in [-0.3, -0.25) is 4.90 Å². The first-order valence-electron chi connectivity index (χ1n) is 6.21. The number of hydrogen-bond acceptors (Lipinski definition) is 6. The molecule has 1 aromatic rings. The van der Waals surface area contributed by atoms with Crippen LogP contribution in [0.25, 0.3) is 0 Å². The number of nitrogens with zero attached hydrogens (tertiary/aromatic N) is 3. The molecule has 0 aromatic carbocycles. The summed E-state index contributed by atoms with van der Waals surface area (Å²) >= 11 is 1.43. The lowest BCUT2D eigenvalue weighted by molar-refractivity contribution is 0.126. The minimum Gasteiger partial charge on any atom is -0.396 e. The predicted octanol–water partition coefficient (Wildman–Crippen LogP) is 1.17. The molecule has 1 saturated heterocycles. The van der Waals surface area contributed by atoms with Gasteiger partial charge in [0, 0.05) is 31.2 Å². The third-order valence-corrected chi connectivity index (χ3v) is 3.96. The van der Waals surface area contributed by atoms with Crippen molar-refractivity contribution in [3.63, 3.8) is 0 Å². The van der Waals surface area contributed by atoms with Gasteiger partial charge in [-0.25, -0.2) is 0 Å². The van der Waals surface area contributed by atoms with Crippen molar-refractivity contribution in [2.75, 3.05) is 31.6 Å². The average molecular weight is 256 g/mol. The zero-order valence-corrected chi connectivity index (χ0v) is 11.0. The summed E-state index contributed by atoms with van der Waals surface area (Å²) < 4.78 is 4.00. The van der Waals surface area contributed by atoms with Crippen LogP contribution in [0.4, 0.5) is 5.00 Å². The fraction of sp³-hybridized carbons (Fsp3) is 0.818. The lowest BCUT2D eigenvalue weighted by atomic mass is 9.98. The fourth-order valence-corrected chi connectivity index (χ4v) is 2.79. The second kappa shape index (κ2) is 6.28. The summed E-state index contributed by atoms with van der Waals surface area (Å²) in [4.78, 5) is 2.39. The number of likely N-dealkylation sites (tertiary alicyclic amines) is 1. The van der Waals surface area contributed by atoms with E-state index in [1.807, 2.05) is 0 Å². The Morgan fingerprint density at radius 2 is 2.24 bits per heavy atom. The lowest BCUT2D eigenvalue weighted by Gasteiger charge is -2.30. The zero-order chi connectivity index (χ0) is 12.1. The van der Waals surface area contributed by atoms with Crippen molar-refractivity contribution in [1.82, 2.24) is 14.5 Å². The summed E-state index contributed by atoms with van der Waals surface area (Å²) in [7, 11) is 0. The quantitative estimate of drug-likeness (QED) is 0.828. The molecule has 5 nitrogen and oxygen atoms in total. The average Bonchev–Trinajstić information content (AvgIpc) is 2.78. The van der Waals surface area contributed by atoms with Gasteiger partial charge in [-0.1, -0.05) is 4.49 Å². The molecular formula is C11H20N4OS. The van der Waals surface area contributed by atoms with Gasteiger partial charge in [0.1, 0.15) is 10.7 Å². The van der Waals surface area contributed by atoms with Gasteiger partial charge in [0.15, 0.2) is 0 Å². The molecule has 0 spiro atoms. The van der Waals surface area contributed by atoms with Gasteiger partial charge in [0.05, 0.1) is 0 Å². The largest absolute Gasteiger partial charge is 0.396 e. The number of aliphatic hydroxyl groups excluding tert-OH is 1. The van der Waals surface area contributed by atoms with Crippen LogP contribution in [-0.2, 0) is 6.54 Å². The van der Waals surface area contributed by atoms with Crippen molar-refractivity contribution in [2.45, 2.75) is 26.3 Å². The maximum absolute atomic E-state index is 9.10. The Morgan fingerprint density at radius 3 is 2.88 bits per heavy atom. The normalized spacial score (nSPS) is 18.5. The Hall–Kier alpha value is -0.720. The van der Waals surface area contributed by atoms with Gasteiger partial charge in [-0.2, -0.15) is 0 Å². The first-order chi connectivity index (χ1) is 8.33. The maximum Gasteiger partial charge on any atom is 0.134 e. The SMILES string of the molecule is CCNc1snnc1CN1CCC(CO)CC1. The molecule has 0 bridgehead atoms. The van der Waals surface area contributed by atoms with Gasteiger partial charge in [-0.15, -0.1) is 5.10 Å². The molecule has 1 aromatic heterocycles. The molecule has 0 saturated carbocycles. The van der Waals surface area contributed by atoms with Crippen molar-refractivity contribution in [3.8, 4) is 0 Å². The van der Waals surface area contributed by atoms with E-state index in [4.69, 9.17) is 5.11 Å². The molecule has 96 valence electrons. The zero-order valence-electron chi connectivity index (χ0n) is 10.2. The van der Waals surface area contributed by atoms with Crippen LogP contribution in [0.1, 0.15) is 25.5 Å². The van der Waals surface area contributed by atoms with Crippen molar-refractivity contribution in [1.29, 1.82) is 0 Å². The molecule has 0 aliphatic carbocycles. The van der Waals surface area contributed by atoms with E-state index < -0.39 is 0 Å². The first-order valence-corrected chi connectivity index (χ1v) is 6.99. The molecule has 2 N–H and O–H groups in total. The molecule has 17 heavy (non-hydrogen) atoms. The van der Waals surface area contributed by atoms with Crippen LogP contribution in [0.5, 0.6) is 0 Å². The van der Waals surface area contributed by atoms with Crippen LogP contribution in [-0.4, -0.2) is 45.8 Å². The van der Waals surface area contributed by atoms with E-state index in [0.29, 0.717) is 12.5 Å². The van der Waals surface area contributed by atoms with Crippen LogP contribution in [0.15, 0.2) is 0 Å². The van der Waals surface area contributed by atoms with E-state index >= 15 is 0 Å². The second-order valence-corrected chi connectivity index (χ2v) is 5.24. The van der Waals surface area contributed by atoms with Crippen LogP contribution in [0.3, 0.4) is 0 Å². The topological polar surface area (TPSA) is 61.3 Å². The van der Waals surface area contributed by atoms with Crippen molar-refractivity contribution < 1.29 is 5.11 Å². The van der Waals surface area contributed by atoms with Crippen molar-refractivity contribution in [2.24, 2.45) is 5.92 Å². The molecule has 1 aliphatic heterocycles. The lowest BCUT2D eigenvalue weighted by Crippen LogP contribution is -2.34. The minimum atomic E-state index is 0.328. The number of hydrogen-bond donors (Lipinski definition) is 2. The van der Waals surface area contributed by atoms with E-state index in [9.17, 15) is 0 Å². The van der Waals surface area contributed by atoms with Gasteiger partial charge < -0.3 is 10.4 Å². The molecule has 1 fully saturated rings. The van der Waals surface area contributed by atoms with Crippen LogP contribution in [0.2, 0.25) is 0 Å². The van der Waals surface area contributed by atoms with Crippen molar-refractivity contribution >= 4 is 16.5 Å². The Morgan fingerprint density at radius 1 is 1.47 bits per heavy atom. The molecule has 0 radical (unpaired) electrons. The number of aromatic nitrogens is 2. The summed E-state index contributed by atoms with van der Waals surface area (Å²) in [5.74, 6) is 0.494. The van der Waals surface area contributed by atoms with Gasteiger partial charge in [0.2, 0.25) is 0 Å². The van der Waals surface area contributed by atoms with Gasteiger partial charge in [0.25, 0.3) is 0 Å². The Balaban J connectivity index is 1.86. The minimum absolute atomic E-state index is 0.328.